The quantitative estimate of drug-likeness (QED) is 0.870. The molecule has 2 aromatic rings. The summed E-state index contributed by atoms with van der Waals surface area (Å²) in [5, 5.41) is 3.36. The molecular formula is C14H16BrNS. The predicted octanol–water partition coefficient (Wildman–Crippen LogP) is 4.60. The zero-order valence-corrected chi connectivity index (χ0v) is 12.5. The number of hydrogen-bond acceptors (Lipinski definition) is 2. The number of rotatable bonds is 4. The van der Waals surface area contributed by atoms with Crippen molar-refractivity contribution in [1.29, 1.82) is 0 Å². The van der Waals surface area contributed by atoms with Crippen molar-refractivity contribution >= 4 is 27.3 Å². The lowest BCUT2D eigenvalue weighted by molar-refractivity contribution is 0.735. The third kappa shape index (κ3) is 3.18. The van der Waals surface area contributed by atoms with Crippen LogP contribution in [0, 0.1) is 6.92 Å². The highest BCUT2D eigenvalue weighted by molar-refractivity contribution is 9.10. The Morgan fingerprint density at radius 2 is 2.06 bits per heavy atom. The van der Waals surface area contributed by atoms with Crippen LogP contribution in [0.3, 0.4) is 0 Å². The highest BCUT2D eigenvalue weighted by atomic mass is 79.9. The van der Waals surface area contributed by atoms with Crippen molar-refractivity contribution in [3.63, 3.8) is 0 Å². The van der Waals surface area contributed by atoms with Gasteiger partial charge in [0.2, 0.25) is 0 Å². The van der Waals surface area contributed by atoms with E-state index in [1.807, 2.05) is 11.3 Å². The second-order valence-corrected chi connectivity index (χ2v) is 6.09. The zero-order valence-electron chi connectivity index (χ0n) is 10.1. The van der Waals surface area contributed by atoms with E-state index in [-0.39, 0.29) is 0 Å². The molecule has 17 heavy (non-hydrogen) atoms. The number of thiophene rings is 1. The Labute approximate surface area is 115 Å². The van der Waals surface area contributed by atoms with Gasteiger partial charge in [-0.05, 0) is 48.9 Å². The maximum absolute atomic E-state index is 3.50. The van der Waals surface area contributed by atoms with Gasteiger partial charge >= 0.3 is 0 Å². The van der Waals surface area contributed by atoms with Crippen LogP contribution in [-0.4, -0.2) is 6.54 Å². The highest BCUT2D eigenvalue weighted by Gasteiger charge is 2.05. The smallest absolute Gasteiger partial charge is 0.0348 e. The number of nitrogens with one attached hydrogen (secondary N) is 1. The van der Waals surface area contributed by atoms with E-state index in [4.69, 9.17) is 0 Å². The fourth-order valence-corrected chi connectivity index (χ4v) is 3.31. The average molecular weight is 310 g/mol. The van der Waals surface area contributed by atoms with Crippen LogP contribution in [-0.2, 0) is 6.54 Å². The summed E-state index contributed by atoms with van der Waals surface area (Å²) in [4.78, 5) is 2.74. The van der Waals surface area contributed by atoms with E-state index < -0.39 is 0 Å². The van der Waals surface area contributed by atoms with Crippen molar-refractivity contribution in [2.75, 3.05) is 6.54 Å². The first-order valence-electron chi connectivity index (χ1n) is 5.76. The molecule has 2 rings (SSSR count). The second-order valence-electron chi connectivity index (χ2n) is 4.01. The first-order chi connectivity index (χ1) is 8.20. The molecule has 0 saturated carbocycles. The van der Waals surface area contributed by atoms with Crippen molar-refractivity contribution in [2.24, 2.45) is 0 Å². The lowest BCUT2D eigenvalue weighted by Crippen LogP contribution is -2.10. The number of aryl methyl sites for hydroxylation is 1. The van der Waals surface area contributed by atoms with Gasteiger partial charge in [0, 0.05) is 20.8 Å². The molecule has 0 aliphatic heterocycles. The van der Waals surface area contributed by atoms with Gasteiger partial charge in [0.25, 0.3) is 0 Å². The first kappa shape index (κ1) is 12.8. The van der Waals surface area contributed by atoms with E-state index in [2.05, 4.69) is 65.4 Å². The van der Waals surface area contributed by atoms with Crippen LogP contribution in [0.5, 0.6) is 0 Å². The molecule has 1 nitrogen and oxygen atoms in total. The van der Waals surface area contributed by atoms with Gasteiger partial charge < -0.3 is 5.32 Å². The molecule has 0 spiro atoms. The van der Waals surface area contributed by atoms with Crippen LogP contribution in [0.4, 0.5) is 0 Å². The average Bonchev–Trinajstić information content (AvgIpc) is 2.75. The van der Waals surface area contributed by atoms with Crippen LogP contribution in [0.1, 0.15) is 17.4 Å². The second kappa shape index (κ2) is 5.80. The van der Waals surface area contributed by atoms with E-state index in [1.165, 1.54) is 20.9 Å². The minimum absolute atomic E-state index is 0.969. The Morgan fingerprint density at radius 1 is 1.24 bits per heavy atom. The topological polar surface area (TPSA) is 12.0 Å². The molecule has 1 aromatic heterocycles. The lowest BCUT2D eigenvalue weighted by atomic mass is 10.1. The zero-order chi connectivity index (χ0) is 12.3. The van der Waals surface area contributed by atoms with Crippen LogP contribution >= 0.6 is 27.3 Å². The molecule has 3 heteroatoms. The molecule has 90 valence electrons. The van der Waals surface area contributed by atoms with Crippen LogP contribution in [0.2, 0.25) is 0 Å². The van der Waals surface area contributed by atoms with Crippen LogP contribution in [0.25, 0.3) is 10.4 Å². The molecule has 0 amide bonds. The monoisotopic (exact) mass is 309 g/mol. The van der Waals surface area contributed by atoms with Gasteiger partial charge in [0.1, 0.15) is 0 Å². The Balaban J connectivity index is 2.24. The third-order valence-corrected chi connectivity index (χ3v) is 4.28. The van der Waals surface area contributed by atoms with Crippen molar-refractivity contribution in [3.05, 3.63) is 45.2 Å². The van der Waals surface area contributed by atoms with Gasteiger partial charge in [-0.3, -0.25) is 0 Å². The maximum atomic E-state index is 3.50. The molecule has 0 atom stereocenters. The molecule has 0 unspecified atom stereocenters. The molecule has 1 aromatic carbocycles. The molecule has 1 heterocycles. The predicted molar refractivity (Wildman–Crippen MR) is 79.6 cm³/mol. The van der Waals surface area contributed by atoms with E-state index in [9.17, 15) is 0 Å². The van der Waals surface area contributed by atoms with Gasteiger partial charge in [-0.25, -0.2) is 0 Å². The van der Waals surface area contributed by atoms with Gasteiger partial charge in [-0.2, -0.15) is 0 Å². The van der Waals surface area contributed by atoms with E-state index in [0.29, 0.717) is 0 Å². The summed E-state index contributed by atoms with van der Waals surface area (Å²) in [5.74, 6) is 0. The van der Waals surface area contributed by atoms with Crippen molar-refractivity contribution in [1.82, 2.24) is 5.32 Å². The minimum atomic E-state index is 0.969. The Morgan fingerprint density at radius 3 is 2.76 bits per heavy atom. The van der Waals surface area contributed by atoms with Gasteiger partial charge in [-0.15, -0.1) is 11.3 Å². The van der Waals surface area contributed by atoms with Gasteiger partial charge in [-0.1, -0.05) is 28.9 Å². The number of hydrogen-bond donors (Lipinski definition) is 1. The molecule has 0 bridgehead atoms. The van der Waals surface area contributed by atoms with E-state index >= 15 is 0 Å². The molecule has 0 fully saturated rings. The summed E-state index contributed by atoms with van der Waals surface area (Å²) in [6, 6.07) is 10.9. The highest BCUT2D eigenvalue weighted by Crippen LogP contribution is 2.31. The summed E-state index contributed by atoms with van der Waals surface area (Å²) in [7, 11) is 0. The van der Waals surface area contributed by atoms with E-state index in [1.54, 1.807) is 0 Å². The lowest BCUT2D eigenvalue weighted by Gasteiger charge is -2.03. The molecule has 0 saturated heterocycles. The number of benzene rings is 1. The van der Waals surface area contributed by atoms with Crippen molar-refractivity contribution in [3.8, 4) is 10.4 Å². The van der Waals surface area contributed by atoms with Crippen LogP contribution < -0.4 is 5.32 Å². The largest absolute Gasteiger partial charge is 0.312 e. The SMILES string of the molecule is CCNCc1ccc(-c2ccc(Br)cc2C)s1. The first-order valence-corrected chi connectivity index (χ1v) is 7.37. The Bertz CT molecular complexity index is 505. The Kier molecular flexibility index (Phi) is 4.37. The summed E-state index contributed by atoms with van der Waals surface area (Å²) in [6.45, 7) is 6.28. The van der Waals surface area contributed by atoms with Gasteiger partial charge in [0.05, 0.1) is 0 Å². The fourth-order valence-electron chi connectivity index (χ4n) is 1.77. The van der Waals surface area contributed by atoms with Crippen molar-refractivity contribution < 1.29 is 0 Å². The molecule has 0 radical (unpaired) electrons. The maximum Gasteiger partial charge on any atom is 0.0348 e. The minimum Gasteiger partial charge on any atom is -0.312 e. The summed E-state index contributed by atoms with van der Waals surface area (Å²) in [6.07, 6.45) is 0. The van der Waals surface area contributed by atoms with Gasteiger partial charge in [0.15, 0.2) is 0 Å². The third-order valence-electron chi connectivity index (χ3n) is 2.66. The normalized spacial score (nSPS) is 10.8. The molecule has 1 N–H and O–H groups in total. The standard InChI is InChI=1S/C14H16BrNS/c1-3-16-9-12-5-7-14(17-12)13-6-4-11(15)8-10(13)2/h4-8,16H,3,9H2,1-2H3. The molecule has 0 aliphatic rings. The summed E-state index contributed by atoms with van der Waals surface area (Å²) in [5.41, 5.74) is 2.65. The number of halogens is 1. The fraction of sp³-hybridized carbons (Fsp3) is 0.286. The summed E-state index contributed by atoms with van der Waals surface area (Å²) >= 11 is 5.37. The Hall–Kier alpha value is -0.640. The van der Waals surface area contributed by atoms with Crippen LogP contribution in [0.15, 0.2) is 34.8 Å². The molecule has 0 aliphatic carbocycles. The molecular weight excluding hydrogens is 294 g/mol. The van der Waals surface area contributed by atoms with Crippen molar-refractivity contribution in [2.45, 2.75) is 20.4 Å². The van der Waals surface area contributed by atoms with E-state index in [0.717, 1.165) is 17.6 Å². The summed E-state index contributed by atoms with van der Waals surface area (Å²) < 4.78 is 1.14.